The minimum Gasteiger partial charge on any atom is -0.340 e. The maximum atomic E-state index is 12.8. The number of piperidine rings is 1. The Kier molecular flexibility index (Phi) is 4.51. The maximum absolute atomic E-state index is 12.8. The highest BCUT2D eigenvalue weighted by Crippen LogP contribution is 2.25. The molecule has 0 radical (unpaired) electrons. The summed E-state index contributed by atoms with van der Waals surface area (Å²) in [7, 11) is 0. The van der Waals surface area contributed by atoms with E-state index in [0.717, 1.165) is 42.2 Å². The van der Waals surface area contributed by atoms with Gasteiger partial charge < -0.3 is 10.2 Å². The summed E-state index contributed by atoms with van der Waals surface area (Å²) in [6, 6.07) is 11.5. The summed E-state index contributed by atoms with van der Waals surface area (Å²) in [6.07, 6.45) is 3.61. The molecule has 134 valence electrons. The maximum Gasteiger partial charge on any atom is 0.231 e. The second kappa shape index (κ2) is 6.96. The Labute approximate surface area is 156 Å². The fraction of sp³-hybridized carbons (Fsp3) is 0.316. The van der Waals surface area contributed by atoms with E-state index in [-0.39, 0.29) is 11.8 Å². The molecule has 1 unspecified atom stereocenters. The van der Waals surface area contributed by atoms with Crippen molar-refractivity contribution >= 4 is 34.8 Å². The third-order valence-corrected chi connectivity index (χ3v) is 5.05. The molecule has 0 spiro atoms. The van der Waals surface area contributed by atoms with Crippen LogP contribution in [0.15, 0.2) is 42.6 Å². The van der Waals surface area contributed by atoms with Crippen LogP contribution in [0.4, 0.5) is 11.6 Å². The van der Waals surface area contributed by atoms with Crippen molar-refractivity contribution in [2.45, 2.75) is 19.8 Å². The van der Waals surface area contributed by atoms with Crippen LogP contribution in [0.25, 0.3) is 5.65 Å². The van der Waals surface area contributed by atoms with Gasteiger partial charge in [0.2, 0.25) is 11.9 Å². The van der Waals surface area contributed by atoms with Gasteiger partial charge in [-0.2, -0.15) is 0 Å². The highest BCUT2D eigenvalue weighted by Gasteiger charge is 2.28. The second-order valence-electron chi connectivity index (χ2n) is 6.66. The largest absolute Gasteiger partial charge is 0.340 e. The number of benzene rings is 1. The quantitative estimate of drug-likeness (QED) is 0.767. The van der Waals surface area contributed by atoms with E-state index in [4.69, 9.17) is 11.6 Å². The Balaban J connectivity index is 1.53. The molecule has 1 aromatic carbocycles. The number of carbonyl (C=O) groups excluding carboxylic acids is 1. The summed E-state index contributed by atoms with van der Waals surface area (Å²) in [6.45, 7) is 3.46. The van der Waals surface area contributed by atoms with Crippen molar-refractivity contribution < 1.29 is 4.79 Å². The van der Waals surface area contributed by atoms with Crippen LogP contribution in [0.5, 0.6) is 0 Å². The van der Waals surface area contributed by atoms with Crippen molar-refractivity contribution in [3.63, 3.8) is 0 Å². The number of rotatable bonds is 3. The average Bonchev–Trinajstić information content (AvgIpc) is 3.06. The Morgan fingerprint density at radius 2 is 2.08 bits per heavy atom. The summed E-state index contributed by atoms with van der Waals surface area (Å²) < 4.78 is 1.88. The van der Waals surface area contributed by atoms with Crippen molar-refractivity contribution in [1.29, 1.82) is 0 Å². The van der Waals surface area contributed by atoms with Crippen LogP contribution in [0.3, 0.4) is 0 Å². The minimum absolute atomic E-state index is 0.0517. The summed E-state index contributed by atoms with van der Waals surface area (Å²) >= 11 is 6.11. The molecular formula is C19H20ClN5O. The number of fused-ring (bicyclic) bond motifs is 1. The zero-order chi connectivity index (χ0) is 18.1. The van der Waals surface area contributed by atoms with E-state index in [0.29, 0.717) is 11.6 Å². The van der Waals surface area contributed by atoms with Gasteiger partial charge in [-0.15, -0.1) is 10.2 Å². The Morgan fingerprint density at radius 3 is 2.92 bits per heavy atom. The monoisotopic (exact) mass is 369 g/mol. The molecule has 1 fully saturated rings. The van der Waals surface area contributed by atoms with Crippen molar-refractivity contribution in [2.24, 2.45) is 5.92 Å². The highest BCUT2D eigenvalue weighted by molar-refractivity contribution is 6.30. The number of amides is 1. The number of aromatic nitrogens is 3. The molecular weight excluding hydrogens is 350 g/mol. The zero-order valence-corrected chi connectivity index (χ0v) is 15.3. The van der Waals surface area contributed by atoms with Gasteiger partial charge in [-0.25, -0.2) is 0 Å². The van der Waals surface area contributed by atoms with Gasteiger partial charge in [0.25, 0.3) is 0 Å². The molecule has 4 rings (SSSR count). The number of para-hydroxylation sites is 1. The first kappa shape index (κ1) is 16.8. The van der Waals surface area contributed by atoms with Crippen LogP contribution in [0.1, 0.15) is 18.4 Å². The number of aryl methyl sites for hydroxylation is 1. The van der Waals surface area contributed by atoms with Crippen LogP contribution in [-0.4, -0.2) is 33.6 Å². The average molecular weight is 370 g/mol. The van der Waals surface area contributed by atoms with E-state index in [1.807, 2.05) is 47.9 Å². The molecule has 1 aliphatic heterocycles. The molecule has 3 aromatic rings. The number of nitrogens with zero attached hydrogens (tertiary/aromatic N) is 4. The third kappa shape index (κ3) is 3.24. The lowest BCUT2D eigenvalue weighted by molar-refractivity contribution is -0.120. The van der Waals surface area contributed by atoms with E-state index >= 15 is 0 Å². The van der Waals surface area contributed by atoms with Crippen LogP contribution in [0, 0.1) is 12.8 Å². The molecule has 7 heteroatoms. The molecule has 3 heterocycles. The van der Waals surface area contributed by atoms with Crippen LogP contribution < -0.4 is 10.2 Å². The van der Waals surface area contributed by atoms with Gasteiger partial charge in [-0.1, -0.05) is 29.8 Å². The first-order valence-electron chi connectivity index (χ1n) is 8.73. The van der Waals surface area contributed by atoms with E-state index in [2.05, 4.69) is 20.4 Å². The lowest BCUT2D eigenvalue weighted by Crippen LogP contribution is -2.41. The topological polar surface area (TPSA) is 62.5 Å². The SMILES string of the molecule is Cc1ccccc1NC(=O)C1CCCN(c2nnc3ccc(Cl)cn23)C1. The van der Waals surface area contributed by atoms with Gasteiger partial charge >= 0.3 is 0 Å². The second-order valence-corrected chi connectivity index (χ2v) is 7.10. The van der Waals surface area contributed by atoms with Crippen LogP contribution >= 0.6 is 11.6 Å². The number of hydrogen-bond donors (Lipinski definition) is 1. The number of anilines is 2. The minimum atomic E-state index is -0.0881. The number of hydrogen-bond acceptors (Lipinski definition) is 4. The van der Waals surface area contributed by atoms with Crippen molar-refractivity contribution in [2.75, 3.05) is 23.3 Å². The summed E-state index contributed by atoms with van der Waals surface area (Å²) in [5, 5.41) is 12.2. The molecule has 1 aliphatic rings. The predicted octanol–water partition coefficient (Wildman–Crippen LogP) is 3.55. The number of carbonyl (C=O) groups is 1. The highest BCUT2D eigenvalue weighted by atomic mass is 35.5. The molecule has 2 aromatic heterocycles. The van der Waals surface area contributed by atoms with Gasteiger partial charge in [0.1, 0.15) is 0 Å². The number of pyridine rings is 1. The van der Waals surface area contributed by atoms with Gasteiger partial charge in [-0.05, 0) is 43.5 Å². The predicted molar refractivity (Wildman–Crippen MR) is 103 cm³/mol. The number of nitrogens with one attached hydrogen (secondary N) is 1. The summed E-state index contributed by atoms with van der Waals surface area (Å²) in [5.74, 6) is 0.696. The van der Waals surface area contributed by atoms with E-state index in [1.165, 1.54) is 0 Å². The van der Waals surface area contributed by atoms with E-state index < -0.39 is 0 Å². The van der Waals surface area contributed by atoms with Crippen molar-refractivity contribution in [1.82, 2.24) is 14.6 Å². The third-order valence-electron chi connectivity index (χ3n) is 4.83. The zero-order valence-electron chi connectivity index (χ0n) is 14.5. The standard InChI is InChI=1S/C19H20ClN5O/c1-13-5-2-3-7-16(13)21-18(26)14-6-4-10-24(11-14)19-23-22-17-9-8-15(20)12-25(17)19/h2-3,5,7-9,12,14H,4,6,10-11H2,1H3,(H,21,26). The first-order valence-corrected chi connectivity index (χ1v) is 9.11. The lowest BCUT2D eigenvalue weighted by Gasteiger charge is -2.32. The molecule has 1 atom stereocenters. The lowest BCUT2D eigenvalue weighted by atomic mass is 9.97. The Bertz CT molecular complexity index is 954. The van der Waals surface area contributed by atoms with Gasteiger partial charge in [0, 0.05) is 25.0 Å². The fourth-order valence-corrected chi connectivity index (χ4v) is 3.55. The molecule has 26 heavy (non-hydrogen) atoms. The molecule has 6 nitrogen and oxygen atoms in total. The van der Waals surface area contributed by atoms with Crippen molar-refractivity contribution in [3.8, 4) is 0 Å². The molecule has 1 amide bonds. The molecule has 0 aliphatic carbocycles. The van der Waals surface area contributed by atoms with Crippen LogP contribution in [-0.2, 0) is 4.79 Å². The molecule has 1 N–H and O–H groups in total. The van der Waals surface area contributed by atoms with E-state index in [1.54, 1.807) is 6.07 Å². The van der Waals surface area contributed by atoms with Gasteiger partial charge in [0.15, 0.2) is 5.65 Å². The molecule has 0 bridgehead atoms. The number of halogens is 1. The molecule has 0 saturated carbocycles. The molecule has 1 saturated heterocycles. The smallest absolute Gasteiger partial charge is 0.231 e. The van der Waals surface area contributed by atoms with Gasteiger partial charge in [-0.3, -0.25) is 9.20 Å². The van der Waals surface area contributed by atoms with E-state index in [9.17, 15) is 4.79 Å². The Morgan fingerprint density at radius 1 is 1.23 bits per heavy atom. The first-order chi connectivity index (χ1) is 12.6. The van der Waals surface area contributed by atoms with Gasteiger partial charge in [0.05, 0.1) is 10.9 Å². The van der Waals surface area contributed by atoms with Crippen LogP contribution in [0.2, 0.25) is 5.02 Å². The summed E-state index contributed by atoms with van der Waals surface area (Å²) in [4.78, 5) is 14.9. The van der Waals surface area contributed by atoms with Crippen molar-refractivity contribution in [3.05, 3.63) is 53.2 Å². The summed E-state index contributed by atoms with van der Waals surface area (Å²) in [5.41, 5.74) is 2.68. The normalized spacial score (nSPS) is 17.5. The fourth-order valence-electron chi connectivity index (χ4n) is 3.39. The Hall–Kier alpha value is -2.60.